The summed E-state index contributed by atoms with van der Waals surface area (Å²) in [4.78, 5) is 18.3. The lowest BCUT2D eigenvalue weighted by atomic mass is 9.99. The molecule has 0 saturated heterocycles. The lowest BCUT2D eigenvalue weighted by molar-refractivity contribution is 0.0729. The summed E-state index contributed by atoms with van der Waals surface area (Å²) in [7, 11) is 0. The summed E-state index contributed by atoms with van der Waals surface area (Å²) in [6, 6.07) is 14.7. The molecule has 0 unspecified atom stereocenters. The van der Waals surface area contributed by atoms with Crippen molar-refractivity contribution in [2.75, 3.05) is 6.54 Å². The van der Waals surface area contributed by atoms with Gasteiger partial charge in [0.15, 0.2) is 0 Å². The molecule has 1 amide bonds. The van der Waals surface area contributed by atoms with Gasteiger partial charge in [-0.2, -0.15) is 0 Å². The predicted octanol–water partition coefficient (Wildman–Crippen LogP) is 3.98. The molecule has 0 spiro atoms. The highest BCUT2D eigenvalue weighted by molar-refractivity contribution is 6.01. The minimum absolute atomic E-state index is 0.103. The average molecular weight is 304 g/mol. The number of fused-ring (bicyclic) bond motifs is 2. The maximum absolute atomic E-state index is 13.0. The number of H-pyrrole nitrogens is 1. The molecule has 0 radical (unpaired) electrons. The highest BCUT2D eigenvalue weighted by atomic mass is 16.2. The van der Waals surface area contributed by atoms with Crippen LogP contribution in [0.1, 0.15) is 32.7 Å². The minimum Gasteiger partial charge on any atom is -0.350 e. The molecule has 4 rings (SSSR count). The van der Waals surface area contributed by atoms with E-state index in [0.29, 0.717) is 6.54 Å². The number of aromatic amines is 1. The smallest absolute Gasteiger partial charge is 0.270 e. The van der Waals surface area contributed by atoms with E-state index in [1.54, 1.807) is 0 Å². The maximum atomic E-state index is 13.0. The largest absolute Gasteiger partial charge is 0.350 e. The number of hydrogen-bond donors (Lipinski definition) is 1. The van der Waals surface area contributed by atoms with Crippen LogP contribution in [-0.4, -0.2) is 22.3 Å². The number of nitrogens with zero attached hydrogens (tertiary/aromatic N) is 1. The van der Waals surface area contributed by atoms with Crippen LogP contribution in [0.15, 0.2) is 42.5 Å². The molecule has 1 aliphatic rings. The fourth-order valence-corrected chi connectivity index (χ4v) is 3.48. The number of carbonyl (C=O) groups is 1. The third-order valence-electron chi connectivity index (χ3n) is 4.85. The van der Waals surface area contributed by atoms with Crippen molar-refractivity contribution >= 4 is 16.8 Å². The average Bonchev–Trinajstić information content (AvgIpc) is 2.90. The molecule has 116 valence electrons. The molecule has 0 bridgehead atoms. The van der Waals surface area contributed by atoms with Gasteiger partial charge in [-0.3, -0.25) is 4.79 Å². The van der Waals surface area contributed by atoms with Crippen LogP contribution in [0.5, 0.6) is 0 Å². The van der Waals surface area contributed by atoms with E-state index in [9.17, 15) is 4.79 Å². The van der Waals surface area contributed by atoms with E-state index in [-0.39, 0.29) is 5.91 Å². The molecule has 3 nitrogen and oxygen atoms in total. The Morgan fingerprint density at radius 2 is 1.87 bits per heavy atom. The molecule has 1 N–H and O–H groups in total. The Morgan fingerprint density at radius 1 is 1.09 bits per heavy atom. The lowest BCUT2D eigenvalue weighted by Crippen LogP contribution is -2.36. The molecule has 0 saturated carbocycles. The topological polar surface area (TPSA) is 36.1 Å². The Balaban J connectivity index is 1.69. The molecule has 0 atom stereocenters. The van der Waals surface area contributed by atoms with Crippen molar-refractivity contribution in [3.63, 3.8) is 0 Å². The third kappa shape index (κ3) is 2.33. The summed E-state index contributed by atoms with van der Waals surface area (Å²) < 4.78 is 0. The number of benzene rings is 2. The van der Waals surface area contributed by atoms with E-state index in [1.165, 1.54) is 16.7 Å². The summed E-state index contributed by atoms with van der Waals surface area (Å²) >= 11 is 0. The van der Waals surface area contributed by atoms with Crippen LogP contribution >= 0.6 is 0 Å². The lowest BCUT2D eigenvalue weighted by Gasteiger charge is -2.28. The van der Waals surface area contributed by atoms with E-state index in [1.807, 2.05) is 17.9 Å². The Bertz CT molecular complexity index is 907. The second kappa shape index (κ2) is 5.27. The second-order valence-electron chi connectivity index (χ2n) is 6.42. The van der Waals surface area contributed by atoms with Crippen molar-refractivity contribution in [1.29, 1.82) is 0 Å². The number of rotatable bonds is 1. The van der Waals surface area contributed by atoms with Crippen molar-refractivity contribution in [3.8, 4) is 0 Å². The Labute approximate surface area is 135 Å². The van der Waals surface area contributed by atoms with Crippen LogP contribution in [0.4, 0.5) is 0 Å². The van der Waals surface area contributed by atoms with Crippen LogP contribution in [0, 0.1) is 13.8 Å². The summed E-state index contributed by atoms with van der Waals surface area (Å²) in [6.07, 6.45) is 0.931. The van der Waals surface area contributed by atoms with E-state index in [0.717, 1.165) is 35.1 Å². The van der Waals surface area contributed by atoms with Gasteiger partial charge in [-0.05, 0) is 49.1 Å². The standard InChI is InChI=1S/C20H20N2O/c1-13-7-8-18-17(11-13)14(2)19(21-18)20(23)22-10-9-15-5-3-4-6-16(15)12-22/h3-8,11,21H,9-10,12H2,1-2H3. The zero-order valence-corrected chi connectivity index (χ0v) is 13.5. The quantitative estimate of drug-likeness (QED) is 0.725. The van der Waals surface area contributed by atoms with Gasteiger partial charge in [0.25, 0.3) is 5.91 Å². The molecule has 2 aromatic carbocycles. The van der Waals surface area contributed by atoms with Crippen molar-refractivity contribution in [3.05, 3.63) is 70.4 Å². The first-order valence-electron chi connectivity index (χ1n) is 8.08. The van der Waals surface area contributed by atoms with Gasteiger partial charge < -0.3 is 9.88 Å². The molecular formula is C20H20N2O. The first kappa shape index (κ1) is 14.1. The van der Waals surface area contributed by atoms with Crippen LogP contribution in [0.3, 0.4) is 0 Å². The summed E-state index contributed by atoms with van der Waals surface area (Å²) in [5.41, 5.74) is 6.65. The first-order chi connectivity index (χ1) is 11.1. The van der Waals surface area contributed by atoms with Crippen LogP contribution < -0.4 is 0 Å². The van der Waals surface area contributed by atoms with Gasteiger partial charge in [-0.15, -0.1) is 0 Å². The van der Waals surface area contributed by atoms with Gasteiger partial charge in [0.05, 0.1) is 0 Å². The van der Waals surface area contributed by atoms with Crippen molar-refractivity contribution < 1.29 is 4.79 Å². The van der Waals surface area contributed by atoms with Crippen LogP contribution in [-0.2, 0) is 13.0 Å². The van der Waals surface area contributed by atoms with E-state index in [2.05, 4.69) is 48.3 Å². The van der Waals surface area contributed by atoms with E-state index in [4.69, 9.17) is 0 Å². The number of nitrogens with one attached hydrogen (secondary N) is 1. The minimum atomic E-state index is 0.103. The second-order valence-corrected chi connectivity index (χ2v) is 6.42. The zero-order valence-electron chi connectivity index (χ0n) is 13.5. The molecule has 3 aromatic rings. The molecule has 0 fully saturated rings. The van der Waals surface area contributed by atoms with Gasteiger partial charge in [0.2, 0.25) is 0 Å². The summed E-state index contributed by atoms with van der Waals surface area (Å²) in [6.45, 7) is 5.59. The van der Waals surface area contributed by atoms with Crippen molar-refractivity contribution in [1.82, 2.24) is 9.88 Å². The molecule has 23 heavy (non-hydrogen) atoms. The molecule has 1 aromatic heterocycles. The number of hydrogen-bond acceptors (Lipinski definition) is 1. The highest BCUT2D eigenvalue weighted by Gasteiger charge is 2.24. The van der Waals surface area contributed by atoms with Crippen LogP contribution in [0.25, 0.3) is 10.9 Å². The zero-order chi connectivity index (χ0) is 16.0. The van der Waals surface area contributed by atoms with Gasteiger partial charge in [0, 0.05) is 24.0 Å². The number of aromatic nitrogens is 1. The normalized spacial score (nSPS) is 14.1. The molecule has 0 aliphatic carbocycles. The third-order valence-corrected chi connectivity index (χ3v) is 4.85. The SMILES string of the molecule is Cc1ccc2[nH]c(C(=O)N3CCc4ccccc4C3)c(C)c2c1. The Kier molecular flexibility index (Phi) is 3.22. The fraction of sp³-hybridized carbons (Fsp3) is 0.250. The number of carbonyl (C=O) groups excluding carboxylic acids is 1. The van der Waals surface area contributed by atoms with Gasteiger partial charge in [-0.1, -0.05) is 35.9 Å². The predicted molar refractivity (Wildman–Crippen MR) is 92.7 cm³/mol. The fourth-order valence-electron chi connectivity index (χ4n) is 3.48. The molecule has 3 heteroatoms. The number of amides is 1. The molecular weight excluding hydrogens is 284 g/mol. The van der Waals surface area contributed by atoms with Gasteiger partial charge in [-0.25, -0.2) is 0 Å². The van der Waals surface area contributed by atoms with E-state index < -0.39 is 0 Å². The first-order valence-corrected chi connectivity index (χ1v) is 8.08. The van der Waals surface area contributed by atoms with Gasteiger partial charge >= 0.3 is 0 Å². The van der Waals surface area contributed by atoms with Gasteiger partial charge in [0.1, 0.15) is 5.69 Å². The maximum Gasteiger partial charge on any atom is 0.270 e. The van der Waals surface area contributed by atoms with E-state index >= 15 is 0 Å². The highest BCUT2D eigenvalue weighted by Crippen LogP contribution is 2.26. The van der Waals surface area contributed by atoms with Crippen molar-refractivity contribution in [2.24, 2.45) is 0 Å². The molecule has 2 heterocycles. The summed E-state index contributed by atoms with van der Waals surface area (Å²) in [5.74, 6) is 0.103. The Hall–Kier alpha value is -2.55. The molecule has 1 aliphatic heterocycles. The monoisotopic (exact) mass is 304 g/mol. The number of aryl methyl sites for hydroxylation is 2. The summed E-state index contributed by atoms with van der Waals surface area (Å²) in [5, 5.41) is 1.14. The Morgan fingerprint density at radius 3 is 2.70 bits per heavy atom. The van der Waals surface area contributed by atoms with Crippen LogP contribution in [0.2, 0.25) is 0 Å². The van der Waals surface area contributed by atoms with Crippen molar-refractivity contribution in [2.45, 2.75) is 26.8 Å².